The van der Waals surface area contributed by atoms with Crippen molar-refractivity contribution in [2.45, 2.75) is 20.0 Å². The van der Waals surface area contributed by atoms with Gasteiger partial charge in [0.1, 0.15) is 8.07 Å². The van der Waals surface area contributed by atoms with Crippen LogP contribution in [0.25, 0.3) is 27.6 Å². The Kier molecular flexibility index (Phi) is 5.72. The molecule has 0 saturated carbocycles. The molecule has 158 valence electrons. The zero-order valence-electron chi connectivity index (χ0n) is 18.6. The van der Waals surface area contributed by atoms with Crippen molar-refractivity contribution in [2.24, 2.45) is 0 Å². The van der Waals surface area contributed by atoms with Crippen LogP contribution in [0.4, 0.5) is 0 Å². The number of hydrogen-bond donors (Lipinski definition) is 0. The molecule has 3 heterocycles. The second-order valence-electron chi connectivity index (χ2n) is 8.54. The Labute approximate surface area is 199 Å². The third-order valence-corrected chi connectivity index (χ3v) is 12.0. The third kappa shape index (κ3) is 3.61. The maximum atomic E-state index is 2.53. The van der Waals surface area contributed by atoms with E-state index in [2.05, 4.69) is 122 Å². The molecule has 1 aliphatic rings. The van der Waals surface area contributed by atoms with Gasteiger partial charge in [-0.3, -0.25) is 0 Å². The molecular weight excluding hydrogens is 441 g/mol. The fraction of sp³-hybridized carbons (Fsp3) is 0.103. The summed E-state index contributed by atoms with van der Waals surface area (Å²) in [5, 5.41) is 5.34. The zero-order valence-corrected chi connectivity index (χ0v) is 21.3. The standard InChI is InChI=1S/C29H26S2Si/c1-4-12-23-18-19-25(31-23)29-27(22-15-9-6-10-16-22)26(21-13-7-5-8-14-21)28(32(29,2)3)24-17-11-20-30-24/h4-20H,1-3H3/b12-4+. The molecule has 0 aliphatic carbocycles. The first-order valence-corrected chi connectivity index (χ1v) is 15.7. The minimum atomic E-state index is -1.99. The highest BCUT2D eigenvalue weighted by Gasteiger charge is 2.44. The van der Waals surface area contributed by atoms with Gasteiger partial charge in [-0.25, -0.2) is 0 Å². The molecule has 0 radical (unpaired) electrons. The van der Waals surface area contributed by atoms with Crippen LogP contribution in [0.15, 0.2) is 96.4 Å². The number of hydrogen-bond acceptors (Lipinski definition) is 2. The average molecular weight is 467 g/mol. The van der Waals surface area contributed by atoms with Gasteiger partial charge in [0.15, 0.2) is 0 Å². The maximum absolute atomic E-state index is 2.53. The smallest absolute Gasteiger partial charge is 0.117 e. The number of allylic oxidation sites excluding steroid dienone is 3. The van der Waals surface area contributed by atoms with E-state index in [0.717, 1.165) is 0 Å². The summed E-state index contributed by atoms with van der Waals surface area (Å²) in [7, 11) is -1.99. The summed E-state index contributed by atoms with van der Waals surface area (Å²) >= 11 is 3.79. The second-order valence-corrected chi connectivity index (χ2v) is 14.8. The maximum Gasteiger partial charge on any atom is 0.117 e. The molecule has 32 heavy (non-hydrogen) atoms. The number of benzene rings is 2. The highest BCUT2D eigenvalue weighted by Crippen LogP contribution is 2.56. The summed E-state index contributed by atoms with van der Waals surface area (Å²) in [6.07, 6.45) is 4.34. The Morgan fingerprint density at radius 1 is 0.656 bits per heavy atom. The van der Waals surface area contributed by atoms with Crippen molar-refractivity contribution in [3.8, 4) is 0 Å². The van der Waals surface area contributed by atoms with Gasteiger partial charge >= 0.3 is 0 Å². The van der Waals surface area contributed by atoms with E-state index in [-0.39, 0.29) is 0 Å². The molecule has 1 aliphatic heterocycles. The van der Waals surface area contributed by atoms with Crippen molar-refractivity contribution in [3.63, 3.8) is 0 Å². The largest absolute Gasteiger partial charge is 0.145 e. The molecular formula is C29H26S2Si. The van der Waals surface area contributed by atoms with E-state index in [1.165, 1.54) is 36.9 Å². The van der Waals surface area contributed by atoms with E-state index in [0.29, 0.717) is 0 Å². The van der Waals surface area contributed by atoms with Gasteiger partial charge in [0.05, 0.1) is 0 Å². The molecule has 0 nitrogen and oxygen atoms in total. The number of rotatable bonds is 5. The van der Waals surface area contributed by atoms with Crippen LogP contribution >= 0.6 is 22.7 Å². The highest BCUT2D eigenvalue weighted by molar-refractivity contribution is 7.23. The van der Waals surface area contributed by atoms with Crippen molar-refractivity contribution in [1.82, 2.24) is 0 Å². The molecule has 0 fully saturated rings. The van der Waals surface area contributed by atoms with E-state index in [1.54, 1.807) is 10.4 Å². The molecule has 0 unspecified atom stereocenters. The van der Waals surface area contributed by atoms with E-state index in [1.807, 2.05) is 22.7 Å². The first-order valence-electron chi connectivity index (χ1n) is 11.0. The third-order valence-electron chi connectivity index (χ3n) is 6.10. The lowest BCUT2D eigenvalue weighted by Gasteiger charge is -2.24. The van der Waals surface area contributed by atoms with E-state index in [9.17, 15) is 0 Å². The highest BCUT2D eigenvalue weighted by atomic mass is 32.1. The topological polar surface area (TPSA) is 0 Å². The van der Waals surface area contributed by atoms with Gasteiger partial charge in [-0.1, -0.05) is 85.9 Å². The first-order chi connectivity index (χ1) is 15.6. The van der Waals surface area contributed by atoms with Gasteiger partial charge in [0.2, 0.25) is 0 Å². The van der Waals surface area contributed by atoms with Gasteiger partial charge in [0.25, 0.3) is 0 Å². The quantitative estimate of drug-likeness (QED) is 0.257. The second kappa shape index (κ2) is 8.66. The summed E-state index contributed by atoms with van der Waals surface area (Å²) in [5.41, 5.74) is 5.47. The van der Waals surface area contributed by atoms with Crippen LogP contribution in [-0.2, 0) is 0 Å². The van der Waals surface area contributed by atoms with E-state index in [4.69, 9.17) is 0 Å². The van der Waals surface area contributed by atoms with Crippen LogP contribution in [0.5, 0.6) is 0 Å². The fourth-order valence-electron chi connectivity index (χ4n) is 4.81. The van der Waals surface area contributed by atoms with Crippen LogP contribution < -0.4 is 0 Å². The SMILES string of the molecule is C/C=C/c1ccc(C2=C(c3ccccc3)C(c3ccccc3)=C(c3cccs3)[Si]2(C)C)s1. The lowest BCUT2D eigenvalue weighted by atomic mass is 9.91. The molecule has 4 aromatic rings. The van der Waals surface area contributed by atoms with Crippen LogP contribution in [-0.4, -0.2) is 8.07 Å². The normalized spacial score (nSPS) is 15.8. The molecule has 0 spiro atoms. The van der Waals surface area contributed by atoms with Gasteiger partial charge in [-0.05, 0) is 69.2 Å². The summed E-state index contributed by atoms with van der Waals surface area (Å²) in [4.78, 5) is 4.14. The summed E-state index contributed by atoms with van der Waals surface area (Å²) in [5.74, 6) is 0. The Morgan fingerprint density at radius 3 is 1.78 bits per heavy atom. The summed E-state index contributed by atoms with van der Waals surface area (Å²) < 4.78 is 0. The van der Waals surface area contributed by atoms with Crippen LogP contribution in [0.3, 0.4) is 0 Å². The lowest BCUT2D eigenvalue weighted by molar-refractivity contribution is 1.60. The molecule has 0 amide bonds. The number of thiophene rings is 2. The predicted molar refractivity (Wildman–Crippen MR) is 147 cm³/mol. The van der Waals surface area contributed by atoms with Crippen molar-refractivity contribution in [1.29, 1.82) is 0 Å². The van der Waals surface area contributed by atoms with Gasteiger partial charge in [-0.2, -0.15) is 0 Å². The van der Waals surface area contributed by atoms with Crippen molar-refractivity contribution < 1.29 is 0 Å². The molecule has 2 aromatic heterocycles. The monoisotopic (exact) mass is 466 g/mol. The van der Waals surface area contributed by atoms with Crippen LogP contribution in [0, 0.1) is 0 Å². The Morgan fingerprint density at radius 2 is 1.25 bits per heavy atom. The minimum Gasteiger partial charge on any atom is -0.145 e. The lowest BCUT2D eigenvalue weighted by Crippen LogP contribution is -2.27. The molecule has 0 saturated heterocycles. The van der Waals surface area contributed by atoms with Crippen molar-refractivity contribution >= 4 is 58.4 Å². The molecule has 5 rings (SSSR count). The summed E-state index contributed by atoms with van der Waals surface area (Å²) in [6.45, 7) is 7.16. The molecule has 0 N–H and O–H groups in total. The Hall–Kier alpha value is -2.72. The molecule has 0 bridgehead atoms. The Balaban J connectivity index is 1.88. The van der Waals surface area contributed by atoms with Crippen LogP contribution in [0.1, 0.15) is 32.7 Å². The molecule has 0 atom stereocenters. The first kappa shape index (κ1) is 21.1. The fourth-order valence-corrected chi connectivity index (χ4v) is 11.7. The Bertz CT molecular complexity index is 1320. The van der Waals surface area contributed by atoms with E-state index >= 15 is 0 Å². The predicted octanol–water partition coefficient (Wildman–Crippen LogP) is 9.16. The van der Waals surface area contributed by atoms with Gasteiger partial charge in [0, 0.05) is 14.6 Å². The van der Waals surface area contributed by atoms with Crippen LogP contribution in [0.2, 0.25) is 13.1 Å². The van der Waals surface area contributed by atoms with Gasteiger partial charge in [-0.15, -0.1) is 22.7 Å². The molecule has 3 heteroatoms. The van der Waals surface area contributed by atoms with Gasteiger partial charge < -0.3 is 0 Å². The van der Waals surface area contributed by atoms with Crippen molar-refractivity contribution in [2.75, 3.05) is 0 Å². The average Bonchev–Trinajstić information content (AvgIpc) is 3.53. The summed E-state index contributed by atoms with van der Waals surface area (Å²) in [6, 6.07) is 31.1. The van der Waals surface area contributed by atoms with E-state index < -0.39 is 8.07 Å². The molecule has 2 aromatic carbocycles. The zero-order chi connectivity index (χ0) is 22.1. The van der Waals surface area contributed by atoms with Crippen molar-refractivity contribution in [3.05, 3.63) is 122 Å². The minimum absolute atomic E-state index is 1.31.